The van der Waals surface area contributed by atoms with Crippen molar-refractivity contribution in [2.45, 2.75) is 161 Å². The zero-order valence-electron chi connectivity index (χ0n) is 28.9. The van der Waals surface area contributed by atoms with Gasteiger partial charge >= 0.3 is 5.97 Å². The molecule has 2 atom stereocenters. The summed E-state index contributed by atoms with van der Waals surface area (Å²) in [6.45, 7) is 5.37. The van der Waals surface area contributed by atoms with Crippen molar-refractivity contribution in [1.82, 2.24) is 0 Å². The number of hydrogen-bond donors (Lipinski definition) is 0. The van der Waals surface area contributed by atoms with Crippen molar-refractivity contribution in [3.63, 3.8) is 0 Å². The van der Waals surface area contributed by atoms with Crippen LogP contribution in [-0.2, 0) is 27.9 Å². The van der Waals surface area contributed by atoms with Gasteiger partial charge in [-0.3, -0.25) is 9.36 Å². The van der Waals surface area contributed by atoms with Gasteiger partial charge in [-0.1, -0.05) is 136 Å². The summed E-state index contributed by atoms with van der Waals surface area (Å²) in [5, 5.41) is 0. The quantitative estimate of drug-likeness (QED) is 0.0308. The first-order valence-corrected chi connectivity index (χ1v) is 19.2. The molecular weight excluding hydrogens is 565 g/mol. The lowest BCUT2D eigenvalue weighted by Gasteiger charge is -2.28. The van der Waals surface area contributed by atoms with E-state index in [1.54, 1.807) is 0 Å². The molecule has 0 amide bonds. The molecule has 0 aliphatic carbocycles. The number of carbonyl (C=O) groups excluding carboxylic acids is 1. The van der Waals surface area contributed by atoms with Crippen LogP contribution in [0.1, 0.15) is 155 Å². The van der Waals surface area contributed by atoms with E-state index < -0.39 is 13.9 Å². The van der Waals surface area contributed by atoms with E-state index in [-0.39, 0.29) is 25.8 Å². The Hall–Kier alpha value is -0.500. The highest BCUT2D eigenvalue weighted by Crippen LogP contribution is 2.38. The van der Waals surface area contributed by atoms with Gasteiger partial charge in [0.25, 0.3) is 7.82 Å². The summed E-state index contributed by atoms with van der Waals surface area (Å²) in [4.78, 5) is 24.7. The van der Waals surface area contributed by atoms with Gasteiger partial charge in [0.15, 0.2) is 0 Å². The Morgan fingerprint density at radius 2 is 1.07 bits per heavy atom. The second-order valence-corrected chi connectivity index (χ2v) is 14.7. The molecule has 258 valence electrons. The van der Waals surface area contributed by atoms with E-state index in [2.05, 4.69) is 13.8 Å². The van der Waals surface area contributed by atoms with Crippen LogP contribution in [0.15, 0.2) is 0 Å². The zero-order chi connectivity index (χ0) is 32.1. The van der Waals surface area contributed by atoms with Crippen LogP contribution in [0.3, 0.4) is 0 Å². The largest absolute Gasteiger partial charge is 0.756 e. The van der Waals surface area contributed by atoms with Crippen LogP contribution in [0.4, 0.5) is 0 Å². The maximum Gasteiger partial charge on any atom is 0.306 e. The minimum absolute atomic E-state index is 0.0302. The number of hydrogen-bond acceptors (Lipinski definition) is 7. The molecule has 0 rings (SSSR count). The van der Waals surface area contributed by atoms with Gasteiger partial charge in [0.05, 0.1) is 34.4 Å². The molecule has 0 N–H and O–H groups in total. The first-order valence-electron chi connectivity index (χ1n) is 17.8. The maximum absolute atomic E-state index is 12.5. The number of nitrogens with zero attached hydrogens (tertiary/aromatic N) is 1. The summed E-state index contributed by atoms with van der Waals surface area (Å²) < 4.78 is 34.2. The minimum atomic E-state index is -4.50. The maximum atomic E-state index is 12.5. The van der Waals surface area contributed by atoms with Crippen molar-refractivity contribution in [1.29, 1.82) is 0 Å². The molecule has 0 spiro atoms. The van der Waals surface area contributed by atoms with Crippen LogP contribution in [0.5, 0.6) is 0 Å². The first-order chi connectivity index (χ1) is 20.6. The van der Waals surface area contributed by atoms with E-state index in [9.17, 15) is 14.3 Å². The van der Waals surface area contributed by atoms with Gasteiger partial charge in [-0.25, -0.2) is 0 Å². The third kappa shape index (κ3) is 32.7. The molecule has 0 aliphatic heterocycles. The molecular formula is C34H70NO7P. The van der Waals surface area contributed by atoms with Crippen LogP contribution in [0.2, 0.25) is 0 Å². The normalized spacial score (nSPS) is 14.1. The van der Waals surface area contributed by atoms with Crippen LogP contribution in [0.25, 0.3) is 0 Å². The standard InChI is InChI=1S/C34H70NO7P/c1-6-8-10-12-14-15-16-17-18-19-20-21-22-23-25-27-34(36)42-33(31-39-29-26-24-13-11-9-7-2)32-41-43(37,38)40-30-28-35(3,4)5/h33H,6-32H2,1-5H3. The fourth-order valence-electron chi connectivity index (χ4n) is 4.84. The number of likely N-dealkylation sites (N-methyl/N-ethyl adjacent to an activating group) is 1. The summed E-state index contributed by atoms with van der Waals surface area (Å²) >= 11 is 0. The van der Waals surface area contributed by atoms with E-state index >= 15 is 0 Å². The second kappa shape index (κ2) is 28.9. The Balaban J connectivity index is 4.19. The van der Waals surface area contributed by atoms with Gasteiger partial charge in [-0.2, -0.15) is 0 Å². The van der Waals surface area contributed by atoms with Gasteiger partial charge in [0, 0.05) is 13.0 Å². The highest BCUT2D eigenvalue weighted by atomic mass is 31.2. The molecule has 0 aromatic heterocycles. The Labute approximate surface area is 266 Å². The van der Waals surface area contributed by atoms with Gasteiger partial charge in [0.1, 0.15) is 19.3 Å². The molecule has 0 saturated carbocycles. The van der Waals surface area contributed by atoms with E-state index in [0.717, 1.165) is 32.1 Å². The number of phosphoric ester groups is 1. The number of rotatable bonds is 33. The monoisotopic (exact) mass is 635 g/mol. The van der Waals surface area contributed by atoms with E-state index in [0.29, 0.717) is 24.1 Å². The molecule has 0 bridgehead atoms. The van der Waals surface area contributed by atoms with Crippen molar-refractivity contribution < 1.29 is 37.3 Å². The van der Waals surface area contributed by atoms with Crippen molar-refractivity contribution in [2.75, 3.05) is 54.1 Å². The molecule has 9 heteroatoms. The summed E-state index contributed by atoms with van der Waals surface area (Å²) in [6.07, 6.45) is 25.5. The van der Waals surface area contributed by atoms with Gasteiger partial charge < -0.3 is 27.9 Å². The number of quaternary nitrogens is 1. The summed E-state index contributed by atoms with van der Waals surface area (Å²) in [5.74, 6) is -0.335. The molecule has 0 aliphatic rings. The van der Waals surface area contributed by atoms with Gasteiger partial charge in [-0.15, -0.1) is 0 Å². The van der Waals surface area contributed by atoms with Crippen LogP contribution < -0.4 is 4.89 Å². The topological polar surface area (TPSA) is 94.1 Å². The third-order valence-electron chi connectivity index (χ3n) is 7.66. The van der Waals surface area contributed by atoms with Crippen molar-refractivity contribution in [3.8, 4) is 0 Å². The van der Waals surface area contributed by atoms with Crippen LogP contribution >= 0.6 is 7.82 Å². The Bertz CT molecular complexity index is 672. The molecule has 0 aromatic carbocycles. The second-order valence-electron chi connectivity index (χ2n) is 13.2. The molecule has 0 aromatic rings. The molecule has 0 heterocycles. The third-order valence-corrected chi connectivity index (χ3v) is 8.62. The number of phosphoric acid groups is 1. The van der Waals surface area contributed by atoms with Gasteiger partial charge in [-0.05, 0) is 12.8 Å². The van der Waals surface area contributed by atoms with Gasteiger partial charge in [0.2, 0.25) is 0 Å². The number of esters is 1. The Morgan fingerprint density at radius 3 is 1.53 bits per heavy atom. The fraction of sp³-hybridized carbons (Fsp3) is 0.971. The van der Waals surface area contributed by atoms with Crippen molar-refractivity contribution in [2.24, 2.45) is 0 Å². The first kappa shape index (κ1) is 42.5. The smallest absolute Gasteiger partial charge is 0.306 e. The van der Waals surface area contributed by atoms with E-state index in [4.69, 9.17) is 18.5 Å². The summed E-state index contributed by atoms with van der Waals surface area (Å²) in [5.41, 5.74) is 0. The lowest BCUT2D eigenvalue weighted by molar-refractivity contribution is -0.870. The summed E-state index contributed by atoms with van der Waals surface area (Å²) in [7, 11) is 1.36. The number of carbonyl (C=O) groups is 1. The summed E-state index contributed by atoms with van der Waals surface area (Å²) in [6, 6.07) is 0. The van der Waals surface area contributed by atoms with E-state index in [1.807, 2.05) is 21.1 Å². The number of unbranched alkanes of at least 4 members (excludes halogenated alkanes) is 19. The fourth-order valence-corrected chi connectivity index (χ4v) is 5.57. The number of ether oxygens (including phenoxy) is 2. The molecule has 0 radical (unpaired) electrons. The average molecular weight is 636 g/mol. The van der Waals surface area contributed by atoms with Crippen molar-refractivity contribution in [3.05, 3.63) is 0 Å². The Kier molecular flexibility index (Phi) is 28.6. The molecule has 0 saturated heterocycles. The molecule has 43 heavy (non-hydrogen) atoms. The SMILES string of the molecule is CCCCCCCCCCCCCCCCCC(=O)OC(COCCCCCCCC)COP(=O)([O-])OCC[N+](C)(C)C. The zero-order valence-corrected chi connectivity index (χ0v) is 29.8. The lowest BCUT2D eigenvalue weighted by Crippen LogP contribution is -2.37. The van der Waals surface area contributed by atoms with Crippen LogP contribution in [0, 0.1) is 0 Å². The predicted octanol–water partition coefficient (Wildman–Crippen LogP) is 8.74. The minimum Gasteiger partial charge on any atom is -0.756 e. The van der Waals surface area contributed by atoms with Crippen LogP contribution in [-0.4, -0.2) is 70.7 Å². The molecule has 0 fully saturated rings. The van der Waals surface area contributed by atoms with E-state index in [1.165, 1.54) is 103 Å². The van der Waals surface area contributed by atoms with Crippen molar-refractivity contribution >= 4 is 13.8 Å². The highest BCUT2D eigenvalue weighted by Gasteiger charge is 2.20. The lowest BCUT2D eigenvalue weighted by atomic mass is 10.0. The Morgan fingerprint density at radius 1 is 0.628 bits per heavy atom. The molecule has 8 nitrogen and oxygen atoms in total. The average Bonchev–Trinajstić information content (AvgIpc) is 2.94. The predicted molar refractivity (Wildman–Crippen MR) is 176 cm³/mol. The molecule has 2 unspecified atom stereocenters. The highest BCUT2D eigenvalue weighted by molar-refractivity contribution is 7.45.